The second-order valence-electron chi connectivity index (χ2n) is 5.06. The van der Waals surface area contributed by atoms with Gasteiger partial charge in [0, 0.05) is 31.8 Å². The minimum absolute atomic E-state index is 0. The first-order chi connectivity index (χ1) is 11.3. The van der Waals surface area contributed by atoms with Crippen molar-refractivity contribution < 1.29 is 9.47 Å². The van der Waals surface area contributed by atoms with Crippen LogP contribution in [-0.4, -0.2) is 46.0 Å². The third kappa shape index (κ3) is 11.9. The molecule has 7 heteroatoms. The average molecular weight is 470 g/mol. The molecule has 138 valence electrons. The van der Waals surface area contributed by atoms with Crippen LogP contribution in [0.4, 0.5) is 0 Å². The minimum Gasteiger partial charge on any atom is -0.379 e. The van der Waals surface area contributed by atoms with Gasteiger partial charge in [0.25, 0.3) is 0 Å². The van der Waals surface area contributed by atoms with Crippen molar-refractivity contribution in [2.45, 2.75) is 26.3 Å². The van der Waals surface area contributed by atoms with E-state index in [0.717, 1.165) is 36.0 Å². The normalized spacial score (nSPS) is 11.0. The molecule has 0 aliphatic rings. The lowest BCUT2D eigenvalue weighted by atomic mass is 10.2. The van der Waals surface area contributed by atoms with Crippen LogP contribution in [0, 0.1) is 0 Å². The quantitative estimate of drug-likeness (QED) is 0.226. The van der Waals surface area contributed by atoms with Crippen molar-refractivity contribution in [3.05, 3.63) is 34.9 Å². The average Bonchev–Trinajstić information content (AvgIpc) is 2.56. The number of hydrogen-bond acceptors (Lipinski definition) is 3. The fraction of sp³-hybridized carbons (Fsp3) is 0.588. The molecule has 0 aliphatic carbocycles. The second-order valence-corrected chi connectivity index (χ2v) is 5.50. The van der Waals surface area contributed by atoms with Gasteiger partial charge < -0.3 is 20.1 Å². The molecular formula is C17H29ClIN3O2. The highest BCUT2D eigenvalue weighted by molar-refractivity contribution is 14.0. The maximum absolute atomic E-state index is 5.97. The van der Waals surface area contributed by atoms with Gasteiger partial charge in [-0.05, 0) is 24.1 Å². The number of nitrogens with zero attached hydrogens (tertiary/aromatic N) is 1. The Labute approximate surface area is 167 Å². The second kappa shape index (κ2) is 15.9. The lowest BCUT2D eigenvalue weighted by molar-refractivity contribution is 0.0487. The molecule has 1 aromatic rings. The summed E-state index contributed by atoms with van der Waals surface area (Å²) < 4.78 is 10.9. The standard InChI is InChI=1S/C17H28ClN3O2.HI/c1-3-4-9-22-11-12-23-10-8-20-17(19-2)21-14-15-6-5-7-16(18)13-15;/h5-7,13H,3-4,8-12,14H2,1-2H3,(H2,19,20,21);1H. The maximum Gasteiger partial charge on any atom is 0.191 e. The van der Waals surface area contributed by atoms with Crippen LogP contribution in [0.3, 0.4) is 0 Å². The van der Waals surface area contributed by atoms with Crippen molar-refractivity contribution in [3.63, 3.8) is 0 Å². The Morgan fingerprint density at radius 3 is 2.54 bits per heavy atom. The summed E-state index contributed by atoms with van der Waals surface area (Å²) in [5.74, 6) is 0.743. The van der Waals surface area contributed by atoms with Crippen LogP contribution < -0.4 is 10.6 Å². The van der Waals surface area contributed by atoms with Crippen LogP contribution in [0.15, 0.2) is 29.3 Å². The SMILES string of the molecule is CCCCOCCOCCNC(=NC)NCc1cccc(Cl)c1.I. The molecule has 0 fully saturated rings. The Bertz CT molecular complexity index is 461. The van der Waals surface area contributed by atoms with E-state index in [4.69, 9.17) is 21.1 Å². The van der Waals surface area contributed by atoms with Crippen molar-refractivity contribution in [2.24, 2.45) is 4.99 Å². The Morgan fingerprint density at radius 2 is 1.88 bits per heavy atom. The zero-order chi connectivity index (χ0) is 16.8. The molecule has 1 rings (SSSR count). The summed E-state index contributed by atoms with van der Waals surface area (Å²) in [6.45, 7) is 6.24. The monoisotopic (exact) mass is 469 g/mol. The van der Waals surface area contributed by atoms with Gasteiger partial charge in [-0.15, -0.1) is 24.0 Å². The summed E-state index contributed by atoms with van der Waals surface area (Å²) in [5, 5.41) is 7.18. The van der Waals surface area contributed by atoms with Gasteiger partial charge in [0.05, 0.1) is 19.8 Å². The van der Waals surface area contributed by atoms with Crippen molar-refractivity contribution in [2.75, 3.05) is 40.0 Å². The summed E-state index contributed by atoms with van der Waals surface area (Å²) in [6, 6.07) is 7.75. The van der Waals surface area contributed by atoms with Crippen LogP contribution in [-0.2, 0) is 16.0 Å². The third-order valence-corrected chi connectivity index (χ3v) is 3.36. The van der Waals surface area contributed by atoms with Crippen molar-refractivity contribution >= 4 is 41.5 Å². The van der Waals surface area contributed by atoms with Crippen LogP contribution in [0.5, 0.6) is 0 Å². The lowest BCUT2D eigenvalue weighted by Crippen LogP contribution is -2.38. The molecule has 0 atom stereocenters. The first-order valence-corrected chi connectivity index (χ1v) is 8.48. The Hall–Kier alpha value is -0.570. The van der Waals surface area contributed by atoms with E-state index >= 15 is 0 Å². The van der Waals surface area contributed by atoms with E-state index in [1.54, 1.807) is 7.05 Å². The molecule has 0 aromatic heterocycles. The number of benzene rings is 1. The van der Waals surface area contributed by atoms with Crippen molar-refractivity contribution in [1.29, 1.82) is 0 Å². The predicted molar refractivity (Wildman–Crippen MR) is 112 cm³/mol. The zero-order valence-corrected chi connectivity index (χ0v) is 17.6. The third-order valence-electron chi connectivity index (χ3n) is 3.13. The number of hydrogen-bond donors (Lipinski definition) is 2. The molecule has 0 saturated heterocycles. The topological polar surface area (TPSA) is 54.9 Å². The number of guanidine groups is 1. The molecule has 5 nitrogen and oxygen atoms in total. The molecule has 0 heterocycles. The van der Waals surface area contributed by atoms with Gasteiger partial charge in [0.2, 0.25) is 0 Å². The van der Waals surface area contributed by atoms with Crippen LogP contribution in [0.1, 0.15) is 25.3 Å². The predicted octanol–water partition coefficient (Wildman–Crippen LogP) is 3.46. The molecule has 0 saturated carbocycles. The van der Waals surface area contributed by atoms with E-state index in [-0.39, 0.29) is 24.0 Å². The van der Waals surface area contributed by atoms with E-state index in [0.29, 0.717) is 32.9 Å². The molecule has 0 amide bonds. The van der Waals surface area contributed by atoms with Crippen molar-refractivity contribution in [3.8, 4) is 0 Å². The fourth-order valence-corrected chi connectivity index (χ4v) is 2.08. The van der Waals surface area contributed by atoms with Crippen molar-refractivity contribution in [1.82, 2.24) is 10.6 Å². The van der Waals surface area contributed by atoms with Gasteiger partial charge in [0.1, 0.15) is 0 Å². The molecule has 0 unspecified atom stereocenters. The minimum atomic E-state index is 0. The molecule has 0 bridgehead atoms. The van der Waals surface area contributed by atoms with Crippen LogP contribution in [0.25, 0.3) is 0 Å². The molecular weight excluding hydrogens is 441 g/mol. The molecule has 0 spiro atoms. The van der Waals surface area contributed by atoms with E-state index in [1.807, 2.05) is 24.3 Å². The van der Waals surface area contributed by atoms with Crippen LogP contribution in [0.2, 0.25) is 5.02 Å². The van der Waals surface area contributed by atoms with E-state index in [9.17, 15) is 0 Å². The van der Waals surface area contributed by atoms with Gasteiger partial charge in [0.15, 0.2) is 5.96 Å². The first kappa shape index (κ1) is 23.4. The highest BCUT2D eigenvalue weighted by atomic mass is 127. The summed E-state index contributed by atoms with van der Waals surface area (Å²) >= 11 is 5.97. The molecule has 0 aliphatic heterocycles. The summed E-state index contributed by atoms with van der Waals surface area (Å²) in [6.07, 6.45) is 2.27. The zero-order valence-electron chi connectivity index (χ0n) is 14.5. The summed E-state index contributed by atoms with van der Waals surface area (Å²) in [7, 11) is 1.75. The lowest BCUT2D eigenvalue weighted by Gasteiger charge is -2.12. The number of rotatable bonds is 11. The molecule has 1 aromatic carbocycles. The Morgan fingerprint density at radius 1 is 1.12 bits per heavy atom. The van der Waals surface area contributed by atoms with E-state index in [2.05, 4.69) is 22.5 Å². The number of aliphatic imine (C=N–C) groups is 1. The van der Waals surface area contributed by atoms with E-state index < -0.39 is 0 Å². The van der Waals surface area contributed by atoms with Gasteiger partial charge in [-0.1, -0.05) is 37.1 Å². The Balaban J connectivity index is 0.00000529. The van der Waals surface area contributed by atoms with Gasteiger partial charge in [-0.25, -0.2) is 0 Å². The maximum atomic E-state index is 5.97. The molecule has 2 N–H and O–H groups in total. The Kier molecular flexibility index (Phi) is 15.6. The molecule has 0 radical (unpaired) electrons. The summed E-state index contributed by atoms with van der Waals surface area (Å²) in [4.78, 5) is 4.17. The number of halogens is 2. The van der Waals surface area contributed by atoms with Crippen LogP contribution >= 0.6 is 35.6 Å². The number of nitrogens with one attached hydrogen (secondary N) is 2. The largest absolute Gasteiger partial charge is 0.379 e. The van der Waals surface area contributed by atoms with E-state index in [1.165, 1.54) is 0 Å². The number of ether oxygens (including phenoxy) is 2. The first-order valence-electron chi connectivity index (χ1n) is 8.10. The molecule has 24 heavy (non-hydrogen) atoms. The fourth-order valence-electron chi connectivity index (χ4n) is 1.86. The highest BCUT2D eigenvalue weighted by Gasteiger charge is 1.99. The number of unbranched alkanes of at least 4 members (excludes halogenated alkanes) is 1. The van der Waals surface area contributed by atoms with Gasteiger partial charge in [-0.2, -0.15) is 0 Å². The smallest absolute Gasteiger partial charge is 0.191 e. The van der Waals surface area contributed by atoms with Gasteiger partial charge in [-0.3, -0.25) is 4.99 Å². The summed E-state index contributed by atoms with van der Waals surface area (Å²) in [5.41, 5.74) is 1.11. The highest BCUT2D eigenvalue weighted by Crippen LogP contribution is 2.10. The van der Waals surface area contributed by atoms with Gasteiger partial charge >= 0.3 is 0 Å².